The summed E-state index contributed by atoms with van der Waals surface area (Å²) in [5.74, 6) is 0.871. The zero-order valence-corrected chi connectivity index (χ0v) is 7.56. The summed E-state index contributed by atoms with van der Waals surface area (Å²) in [6.45, 7) is 6.63. The molecular weight excluding hydrogens is 122 g/mol. The zero-order chi connectivity index (χ0) is 7.98. The molecule has 0 aromatic carbocycles. The van der Waals surface area contributed by atoms with Gasteiger partial charge in [0.2, 0.25) is 0 Å². The molecule has 0 heterocycles. The van der Waals surface area contributed by atoms with Crippen LogP contribution < -0.4 is 5.73 Å². The lowest BCUT2D eigenvalue weighted by molar-refractivity contribution is 0.448. The van der Waals surface area contributed by atoms with Crippen LogP contribution in [0.3, 0.4) is 0 Å². The fourth-order valence-corrected chi connectivity index (χ4v) is 1.18. The summed E-state index contributed by atoms with van der Waals surface area (Å²) in [4.78, 5) is 0. The smallest absolute Gasteiger partial charge is 0.00105 e. The van der Waals surface area contributed by atoms with Gasteiger partial charge in [0, 0.05) is 6.04 Å². The Morgan fingerprint density at radius 1 is 1.10 bits per heavy atom. The van der Waals surface area contributed by atoms with Crippen molar-refractivity contribution in [1.29, 1.82) is 0 Å². The van der Waals surface area contributed by atoms with Crippen LogP contribution in [0.2, 0.25) is 0 Å². The van der Waals surface area contributed by atoms with Crippen LogP contribution in [0.25, 0.3) is 0 Å². The van der Waals surface area contributed by atoms with Crippen molar-refractivity contribution in [3.05, 3.63) is 0 Å². The highest BCUT2D eigenvalue weighted by Gasteiger charge is 2.01. The van der Waals surface area contributed by atoms with Gasteiger partial charge in [-0.05, 0) is 25.7 Å². The molecule has 0 spiro atoms. The highest BCUT2D eigenvalue weighted by atomic mass is 14.6. The van der Waals surface area contributed by atoms with E-state index in [1.165, 1.54) is 25.7 Å². The molecule has 0 fully saturated rings. The Morgan fingerprint density at radius 2 is 1.70 bits per heavy atom. The van der Waals surface area contributed by atoms with Gasteiger partial charge in [-0.3, -0.25) is 0 Å². The van der Waals surface area contributed by atoms with Crippen LogP contribution in [-0.2, 0) is 0 Å². The van der Waals surface area contributed by atoms with Gasteiger partial charge in [0.25, 0.3) is 0 Å². The third-order valence-corrected chi connectivity index (χ3v) is 1.90. The SMILES string of the molecule is CCCC(C)CCC(C)N. The Labute approximate surface area is 65.0 Å². The Bertz CT molecular complexity index is 69.1. The van der Waals surface area contributed by atoms with Gasteiger partial charge >= 0.3 is 0 Å². The molecule has 2 N–H and O–H groups in total. The fourth-order valence-electron chi connectivity index (χ4n) is 1.18. The second kappa shape index (κ2) is 5.72. The molecular formula is C9H21N. The monoisotopic (exact) mass is 143 g/mol. The van der Waals surface area contributed by atoms with E-state index in [0.717, 1.165) is 5.92 Å². The first kappa shape index (κ1) is 9.96. The van der Waals surface area contributed by atoms with E-state index < -0.39 is 0 Å². The summed E-state index contributed by atoms with van der Waals surface area (Å²) in [5, 5.41) is 0. The largest absolute Gasteiger partial charge is 0.328 e. The molecule has 0 bridgehead atoms. The molecule has 0 saturated heterocycles. The van der Waals surface area contributed by atoms with Crippen molar-refractivity contribution < 1.29 is 0 Å². The highest BCUT2D eigenvalue weighted by Crippen LogP contribution is 2.12. The predicted molar refractivity (Wildman–Crippen MR) is 47.0 cm³/mol. The van der Waals surface area contributed by atoms with Gasteiger partial charge in [-0.1, -0.05) is 26.7 Å². The van der Waals surface area contributed by atoms with Gasteiger partial charge in [-0.15, -0.1) is 0 Å². The van der Waals surface area contributed by atoms with Gasteiger partial charge in [-0.2, -0.15) is 0 Å². The molecule has 0 aromatic rings. The van der Waals surface area contributed by atoms with Crippen LogP contribution in [0.15, 0.2) is 0 Å². The molecule has 0 radical (unpaired) electrons. The molecule has 0 rings (SSSR count). The normalized spacial score (nSPS) is 16.8. The fraction of sp³-hybridized carbons (Fsp3) is 1.00. The summed E-state index contributed by atoms with van der Waals surface area (Å²) in [7, 11) is 0. The number of nitrogens with two attached hydrogens (primary N) is 1. The first-order valence-corrected chi connectivity index (χ1v) is 4.42. The van der Waals surface area contributed by atoms with E-state index in [1.807, 2.05) is 0 Å². The average Bonchev–Trinajstić information content (AvgIpc) is 1.85. The van der Waals surface area contributed by atoms with Crippen molar-refractivity contribution in [2.45, 2.75) is 52.5 Å². The minimum absolute atomic E-state index is 0.388. The number of hydrogen-bond donors (Lipinski definition) is 1. The maximum atomic E-state index is 5.64. The maximum absolute atomic E-state index is 5.64. The molecule has 1 heteroatoms. The molecule has 0 aromatic heterocycles. The van der Waals surface area contributed by atoms with Crippen molar-refractivity contribution in [2.75, 3.05) is 0 Å². The Balaban J connectivity index is 3.12. The van der Waals surface area contributed by atoms with Crippen molar-refractivity contribution in [2.24, 2.45) is 11.7 Å². The minimum atomic E-state index is 0.388. The summed E-state index contributed by atoms with van der Waals surface area (Å²) < 4.78 is 0. The second-order valence-electron chi connectivity index (χ2n) is 3.45. The lowest BCUT2D eigenvalue weighted by Gasteiger charge is -2.10. The first-order chi connectivity index (χ1) is 4.66. The van der Waals surface area contributed by atoms with E-state index >= 15 is 0 Å². The molecule has 0 aliphatic heterocycles. The Kier molecular flexibility index (Phi) is 5.70. The standard InChI is InChI=1S/C9H21N/c1-4-5-8(2)6-7-9(3)10/h8-9H,4-7,10H2,1-3H3. The van der Waals surface area contributed by atoms with Crippen LogP contribution in [0, 0.1) is 5.92 Å². The number of rotatable bonds is 5. The number of hydrogen-bond acceptors (Lipinski definition) is 1. The van der Waals surface area contributed by atoms with Crippen molar-refractivity contribution in [1.82, 2.24) is 0 Å². The van der Waals surface area contributed by atoms with E-state index in [0.29, 0.717) is 6.04 Å². The van der Waals surface area contributed by atoms with Gasteiger partial charge in [0.15, 0.2) is 0 Å². The highest BCUT2D eigenvalue weighted by molar-refractivity contribution is 4.57. The van der Waals surface area contributed by atoms with Crippen molar-refractivity contribution in [3.8, 4) is 0 Å². The van der Waals surface area contributed by atoms with E-state index in [-0.39, 0.29) is 0 Å². The van der Waals surface area contributed by atoms with Crippen LogP contribution in [0.1, 0.15) is 46.5 Å². The van der Waals surface area contributed by atoms with Crippen molar-refractivity contribution >= 4 is 0 Å². The Morgan fingerprint density at radius 3 is 2.10 bits per heavy atom. The second-order valence-corrected chi connectivity index (χ2v) is 3.45. The molecule has 62 valence electrons. The van der Waals surface area contributed by atoms with E-state index in [4.69, 9.17) is 5.73 Å². The lowest BCUT2D eigenvalue weighted by atomic mass is 9.98. The third kappa shape index (κ3) is 6.09. The van der Waals surface area contributed by atoms with E-state index in [1.54, 1.807) is 0 Å². The summed E-state index contributed by atoms with van der Waals surface area (Å²) in [6.07, 6.45) is 5.14. The van der Waals surface area contributed by atoms with E-state index in [2.05, 4.69) is 20.8 Å². The lowest BCUT2D eigenvalue weighted by Crippen LogP contribution is -2.15. The Hall–Kier alpha value is -0.0400. The van der Waals surface area contributed by atoms with Crippen LogP contribution in [0.5, 0.6) is 0 Å². The molecule has 0 amide bonds. The summed E-state index contributed by atoms with van der Waals surface area (Å²) in [5.41, 5.74) is 5.64. The molecule has 1 nitrogen and oxygen atoms in total. The van der Waals surface area contributed by atoms with Gasteiger partial charge < -0.3 is 5.73 Å². The van der Waals surface area contributed by atoms with Crippen molar-refractivity contribution in [3.63, 3.8) is 0 Å². The molecule has 2 atom stereocenters. The topological polar surface area (TPSA) is 26.0 Å². The zero-order valence-electron chi connectivity index (χ0n) is 7.56. The van der Waals surface area contributed by atoms with Crippen LogP contribution in [-0.4, -0.2) is 6.04 Å². The molecule has 0 aliphatic rings. The van der Waals surface area contributed by atoms with Gasteiger partial charge in [-0.25, -0.2) is 0 Å². The molecule has 0 saturated carbocycles. The maximum Gasteiger partial charge on any atom is 0.00105 e. The van der Waals surface area contributed by atoms with Crippen LogP contribution in [0.4, 0.5) is 0 Å². The summed E-state index contributed by atoms with van der Waals surface area (Å²) in [6, 6.07) is 0.388. The third-order valence-electron chi connectivity index (χ3n) is 1.90. The van der Waals surface area contributed by atoms with E-state index in [9.17, 15) is 0 Å². The molecule has 10 heavy (non-hydrogen) atoms. The first-order valence-electron chi connectivity index (χ1n) is 4.42. The van der Waals surface area contributed by atoms with Crippen LogP contribution >= 0.6 is 0 Å². The molecule has 0 aliphatic carbocycles. The quantitative estimate of drug-likeness (QED) is 0.629. The minimum Gasteiger partial charge on any atom is -0.328 e. The van der Waals surface area contributed by atoms with Gasteiger partial charge in [0.05, 0.1) is 0 Å². The molecule has 2 unspecified atom stereocenters. The average molecular weight is 143 g/mol. The predicted octanol–water partition coefficient (Wildman–Crippen LogP) is 2.55. The summed E-state index contributed by atoms with van der Waals surface area (Å²) >= 11 is 0. The van der Waals surface area contributed by atoms with Gasteiger partial charge in [0.1, 0.15) is 0 Å².